The van der Waals surface area contributed by atoms with Crippen LogP contribution in [0.15, 0.2) is 38.7 Å². The molecule has 2 aromatic heterocycles. The van der Waals surface area contributed by atoms with Crippen molar-refractivity contribution in [1.82, 2.24) is 24.9 Å². The average Bonchev–Trinajstić information content (AvgIpc) is 3.21. The number of nitrogens with one attached hydrogen (secondary N) is 1. The largest absolute Gasteiger partial charge is 0.496 e. The monoisotopic (exact) mass is 347 g/mol. The Morgan fingerprint density at radius 3 is 3.00 bits per heavy atom. The molecular weight excluding hydrogens is 330 g/mol. The van der Waals surface area contributed by atoms with Crippen LogP contribution < -0.4 is 10.4 Å². The third-order valence-corrected chi connectivity index (χ3v) is 4.27. The van der Waals surface area contributed by atoms with E-state index in [1.165, 1.54) is 11.8 Å². The fourth-order valence-electron chi connectivity index (χ4n) is 2.21. The Hall–Kier alpha value is -2.55. The molecule has 1 N–H and O–H groups in total. The van der Waals surface area contributed by atoms with Crippen LogP contribution in [-0.4, -0.2) is 32.0 Å². The van der Waals surface area contributed by atoms with E-state index in [1.807, 2.05) is 31.2 Å². The van der Waals surface area contributed by atoms with Gasteiger partial charge in [0.1, 0.15) is 5.75 Å². The van der Waals surface area contributed by atoms with E-state index < -0.39 is 0 Å². The van der Waals surface area contributed by atoms with Crippen LogP contribution in [-0.2, 0) is 12.3 Å². The number of benzene rings is 1. The number of para-hydroxylation sites is 1. The first-order valence-electron chi connectivity index (χ1n) is 7.47. The molecule has 3 rings (SSSR count). The fourth-order valence-corrected chi connectivity index (χ4v) is 3.02. The van der Waals surface area contributed by atoms with Gasteiger partial charge in [0.2, 0.25) is 11.7 Å². The van der Waals surface area contributed by atoms with Gasteiger partial charge in [-0.25, -0.2) is 9.89 Å². The van der Waals surface area contributed by atoms with Crippen LogP contribution in [0.1, 0.15) is 19.2 Å². The summed E-state index contributed by atoms with van der Waals surface area (Å²) in [6.45, 7) is 2.62. The molecule has 0 saturated heterocycles. The lowest BCUT2D eigenvalue weighted by molar-refractivity contribution is 0.390. The van der Waals surface area contributed by atoms with E-state index in [0.29, 0.717) is 34.9 Å². The summed E-state index contributed by atoms with van der Waals surface area (Å²) in [6, 6.07) is 7.47. The molecular formula is C15H17N5O3S. The minimum Gasteiger partial charge on any atom is -0.496 e. The molecule has 9 heteroatoms. The molecule has 0 atom stereocenters. The van der Waals surface area contributed by atoms with Crippen molar-refractivity contribution >= 4 is 11.8 Å². The maximum atomic E-state index is 11.7. The number of nitrogens with zero attached hydrogens (tertiary/aromatic N) is 4. The number of hydrogen-bond donors (Lipinski definition) is 1. The maximum absolute atomic E-state index is 11.7. The van der Waals surface area contributed by atoms with Gasteiger partial charge in [-0.2, -0.15) is 4.98 Å². The maximum Gasteiger partial charge on any atom is 0.343 e. The standard InChI is InChI=1S/C15H17N5O3S/c1-3-8-20-14(21)17-18-15(20)24-9-12-16-13(19-23-12)10-6-4-5-7-11(10)22-2/h4-7H,3,8-9H2,1-2H3,(H,17,21). The predicted octanol–water partition coefficient (Wildman–Crippen LogP) is 2.33. The van der Waals surface area contributed by atoms with Gasteiger partial charge in [-0.1, -0.05) is 36.0 Å². The van der Waals surface area contributed by atoms with Gasteiger partial charge < -0.3 is 9.26 Å². The van der Waals surface area contributed by atoms with Gasteiger partial charge in [0.05, 0.1) is 18.4 Å². The number of ether oxygens (including phenoxy) is 1. The highest BCUT2D eigenvalue weighted by atomic mass is 32.2. The first-order valence-corrected chi connectivity index (χ1v) is 8.45. The van der Waals surface area contributed by atoms with Gasteiger partial charge in [0.25, 0.3) is 0 Å². The molecule has 0 aliphatic heterocycles. The van der Waals surface area contributed by atoms with Gasteiger partial charge in [-0.15, -0.1) is 5.10 Å². The third-order valence-electron chi connectivity index (χ3n) is 3.31. The van der Waals surface area contributed by atoms with Crippen molar-refractivity contribution in [1.29, 1.82) is 0 Å². The summed E-state index contributed by atoms with van der Waals surface area (Å²) >= 11 is 1.37. The lowest BCUT2D eigenvalue weighted by Gasteiger charge is -2.03. The molecule has 0 radical (unpaired) electrons. The van der Waals surface area contributed by atoms with E-state index in [-0.39, 0.29) is 5.69 Å². The van der Waals surface area contributed by atoms with Crippen LogP contribution in [0.4, 0.5) is 0 Å². The van der Waals surface area contributed by atoms with Gasteiger partial charge in [-0.3, -0.25) is 4.57 Å². The van der Waals surface area contributed by atoms with E-state index in [2.05, 4.69) is 20.3 Å². The first kappa shape index (κ1) is 16.3. The molecule has 126 valence electrons. The Morgan fingerprint density at radius 1 is 1.38 bits per heavy atom. The van der Waals surface area contributed by atoms with E-state index in [0.717, 1.165) is 12.0 Å². The SMILES string of the molecule is CCCn1c(SCc2nc(-c3ccccc3OC)no2)n[nH]c1=O. The van der Waals surface area contributed by atoms with Gasteiger partial charge >= 0.3 is 5.69 Å². The summed E-state index contributed by atoms with van der Waals surface area (Å²) in [5, 5.41) is 11.1. The summed E-state index contributed by atoms with van der Waals surface area (Å²) in [5.74, 6) is 2.04. The lowest BCUT2D eigenvalue weighted by atomic mass is 10.2. The van der Waals surface area contributed by atoms with Crippen LogP contribution >= 0.6 is 11.8 Å². The number of rotatable bonds is 7. The predicted molar refractivity (Wildman–Crippen MR) is 89.0 cm³/mol. The molecule has 1 aromatic carbocycles. The number of aromatic amines is 1. The van der Waals surface area contributed by atoms with Gasteiger partial charge in [0.15, 0.2) is 5.16 Å². The topological polar surface area (TPSA) is 98.8 Å². The second-order valence-electron chi connectivity index (χ2n) is 4.96. The molecule has 0 aliphatic carbocycles. The van der Waals surface area contributed by atoms with Crippen molar-refractivity contribution in [2.45, 2.75) is 30.8 Å². The molecule has 0 aliphatic rings. The zero-order valence-electron chi connectivity index (χ0n) is 13.4. The molecule has 2 heterocycles. The van der Waals surface area contributed by atoms with E-state index >= 15 is 0 Å². The molecule has 0 bridgehead atoms. The number of methoxy groups -OCH3 is 1. The highest BCUT2D eigenvalue weighted by Crippen LogP contribution is 2.28. The lowest BCUT2D eigenvalue weighted by Crippen LogP contribution is -2.17. The van der Waals surface area contributed by atoms with Crippen LogP contribution in [0.2, 0.25) is 0 Å². The van der Waals surface area contributed by atoms with Crippen molar-refractivity contribution < 1.29 is 9.26 Å². The Kier molecular flexibility index (Phi) is 4.99. The Labute approximate surface area is 142 Å². The second kappa shape index (κ2) is 7.35. The first-order chi connectivity index (χ1) is 11.7. The minimum atomic E-state index is -0.209. The normalized spacial score (nSPS) is 10.9. The molecule has 24 heavy (non-hydrogen) atoms. The van der Waals surface area contributed by atoms with Crippen LogP contribution in [0.5, 0.6) is 5.75 Å². The minimum absolute atomic E-state index is 0.209. The highest BCUT2D eigenvalue weighted by molar-refractivity contribution is 7.98. The molecule has 0 spiro atoms. The summed E-state index contributed by atoms with van der Waals surface area (Å²) < 4.78 is 12.2. The molecule has 0 saturated carbocycles. The summed E-state index contributed by atoms with van der Waals surface area (Å²) in [7, 11) is 1.60. The zero-order chi connectivity index (χ0) is 16.9. The van der Waals surface area contributed by atoms with Crippen LogP contribution in [0, 0.1) is 0 Å². The molecule has 8 nitrogen and oxygen atoms in total. The zero-order valence-corrected chi connectivity index (χ0v) is 14.2. The van der Waals surface area contributed by atoms with Gasteiger partial charge in [0, 0.05) is 6.54 Å². The second-order valence-corrected chi connectivity index (χ2v) is 5.91. The Bertz CT molecular complexity index is 870. The van der Waals surface area contributed by atoms with E-state index in [4.69, 9.17) is 9.26 Å². The van der Waals surface area contributed by atoms with Crippen molar-refractivity contribution in [3.8, 4) is 17.1 Å². The Balaban J connectivity index is 1.74. The summed E-state index contributed by atoms with van der Waals surface area (Å²) in [4.78, 5) is 16.0. The molecule has 0 amide bonds. The van der Waals surface area contributed by atoms with E-state index in [9.17, 15) is 4.79 Å². The highest BCUT2D eigenvalue weighted by Gasteiger charge is 2.15. The number of thioether (sulfide) groups is 1. The third kappa shape index (κ3) is 3.35. The fraction of sp³-hybridized carbons (Fsp3) is 0.333. The number of H-pyrrole nitrogens is 1. The molecule has 0 fully saturated rings. The average molecular weight is 347 g/mol. The van der Waals surface area contributed by atoms with Gasteiger partial charge in [-0.05, 0) is 18.6 Å². The number of hydrogen-bond acceptors (Lipinski definition) is 7. The van der Waals surface area contributed by atoms with Crippen molar-refractivity contribution in [2.75, 3.05) is 7.11 Å². The smallest absolute Gasteiger partial charge is 0.343 e. The van der Waals surface area contributed by atoms with Crippen LogP contribution in [0.3, 0.4) is 0 Å². The van der Waals surface area contributed by atoms with Crippen molar-refractivity contribution in [3.63, 3.8) is 0 Å². The van der Waals surface area contributed by atoms with Crippen molar-refractivity contribution in [3.05, 3.63) is 40.6 Å². The number of aromatic nitrogens is 5. The molecule has 0 unspecified atom stereocenters. The van der Waals surface area contributed by atoms with E-state index in [1.54, 1.807) is 11.7 Å². The summed E-state index contributed by atoms with van der Waals surface area (Å²) in [5.41, 5.74) is 0.558. The molecule has 3 aromatic rings. The quantitative estimate of drug-likeness (QED) is 0.655. The van der Waals surface area contributed by atoms with Crippen molar-refractivity contribution in [2.24, 2.45) is 0 Å². The Morgan fingerprint density at radius 2 is 2.21 bits per heavy atom. The van der Waals surface area contributed by atoms with Crippen LogP contribution in [0.25, 0.3) is 11.4 Å². The summed E-state index contributed by atoms with van der Waals surface area (Å²) in [6.07, 6.45) is 0.853.